The summed E-state index contributed by atoms with van der Waals surface area (Å²) in [5.41, 5.74) is 6.29. The summed E-state index contributed by atoms with van der Waals surface area (Å²) >= 11 is 0. The van der Waals surface area contributed by atoms with Crippen molar-refractivity contribution in [1.29, 1.82) is 0 Å². The third-order valence-corrected chi connectivity index (χ3v) is 5.14. The highest BCUT2D eigenvalue weighted by Crippen LogP contribution is 2.26. The molecule has 9 heteroatoms. The predicted molar refractivity (Wildman–Crippen MR) is 135 cm³/mol. The predicted octanol–water partition coefficient (Wildman–Crippen LogP) is 3.21. The van der Waals surface area contributed by atoms with Gasteiger partial charge in [-0.1, -0.05) is 31.2 Å². The number of primary amides is 1. The SMILES string of the molecule is CCc1ccc(C(C(=O)NC(C)C)N(C(=O)C(CCC(N)=O)NC(=O)OC(C)(C)C)C(C)C)cc1. The van der Waals surface area contributed by atoms with E-state index in [0.717, 1.165) is 12.0 Å². The molecule has 0 spiro atoms. The van der Waals surface area contributed by atoms with Gasteiger partial charge in [-0.3, -0.25) is 14.4 Å². The number of hydrogen-bond donors (Lipinski definition) is 3. The van der Waals surface area contributed by atoms with E-state index < -0.39 is 41.6 Å². The Bertz CT molecular complexity index is 875. The molecule has 1 aromatic carbocycles. The zero-order valence-corrected chi connectivity index (χ0v) is 22.3. The Hall–Kier alpha value is -3.10. The number of benzene rings is 1. The van der Waals surface area contributed by atoms with Crippen LogP contribution >= 0.6 is 0 Å². The van der Waals surface area contributed by atoms with Gasteiger partial charge in [0.05, 0.1) is 0 Å². The molecule has 0 saturated carbocycles. The van der Waals surface area contributed by atoms with Gasteiger partial charge in [-0.15, -0.1) is 0 Å². The molecule has 1 aromatic rings. The molecule has 0 aliphatic carbocycles. The van der Waals surface area contributed by atoms with Gasteiger partial charge in [0.2, 0.25) is 17.7 Å². The number of amides is 4. The van der Waals surface area contributed by atoms with Gasteiger partial charge >= 0.3 is 6.09 Å². The highest BCUT2D eigenvalue weighted by atomic mass is 16.6. The van der Waals surface area contributed by atoms with Gasteiger partial charge < -0.3 is 26.0 Å². The summed E-state index contributed by atoms with van der Waals surface area (Å²) in [6, 6.07) is 4.95. The minimum absolute atomic E-state index is 0.0239. The number of alkyl carbamates (subject to hydrolysis) is 1. The van der Waals surface area contributed by atoms with Crippen molar-refractivity contribution in [3.63, 3.8) is 0 Å². The fourth-order valence-corrected chi connectivity index (χ4v) is 3.59. The minimum atomic E-state index is -1.11. The Morgan fingerprint density at radius 2 is 1.57 bits per heavy atom. The maximum atomic E-state index is 13.9. The van der Waals surface area contributed by atoms with Crippen LogP contribution < -0.4 is 16.4 Å². The lowest BCUT2D eigenvalue weighted by atomic mass is 9.98. The van der Waals surface area contributed by atoms with Crippen molar-refractivity contribution in [2.45, 2.75) is 104 Å². The van der Waals surface area contributed by atoms with Crippen LogP contribution in [0.2, 0.25) is 0 Å². The largest absolute Gasteiger partial charge is 0.444 e. The number of rotatable bonds is 11. The Morgan fingerprint density at radius 3 is 2.00 bits per heavy atom. The number of ether oxygens (including phenoxy) is 1. The van der Waals surface area contributed by atoms with Crippen molar-refractivity contribution in [1.82, 2.24) is 15.5 Å². The molecular weight excluding hydrogens is 448 g/mol. The molecule has 35 heavy (non-hydrogen) atoms. The molecule has 196 valence electrons. The molecule has 1 rings (SSSR count). The molecule has 2 atom stereocenters. The number of carbonyl (C=O) groups excluding carboxylic acids is 4. The van der Waals surface area contributed by atoms with E-state index in [0.29, 0.717) is 5.56 Å². The first kappa shape index (κ1) is 29.9. The third kappa shape index (κ3) is 9.96. The lowest BCUT2D eigenvalue weighted by Crippen LogP contribution is -2.55. The Morgan fingerprint density at radius 1 is 1.00 bits per heavy atom. The second kappa shape index (κ2) is 13.1. The maximum absolute atomic E-state index is 13.9. The van der Waals surface area contributed by atoms with Gasteiger partial charge in [0.25, 0.3) is 0 Å². The number of nitrogens with zero attached hydrogens (tertiary/aromatic N) is 1. The number of nitrogens with one attached hydrogen (secondary N) is 2. The van der Waals surface area contributed by atoms with Crippen molar-refractivity contribution in [3.05, 3.63) is 35.4 Å². The van der Waals surface area contributed by atoms with Crippen molar-refractivity contribution in [2.24, 2.45) is 5.73 Å². The molecule has 4 amide bonds. The van der Waals surface area contributed by atoms with Crippen LogP contribution in [0.5, 0.6) is 0 Å². The van der Waals surface area contributed by atoms with Gasteiger partial charge in [0.1, 0.15) is 17.7 Å². The summed E-state index contributed by atoms with van der Waals surface area (Å²) in [5.74, 6) is -1.44. The number of aryl methyl sites for hydroxylation is 1. The molecule has 0 aliphatic rings. The third-order valence-electron chi connectivity index (χ3n) is 5.14. The molecule has 0 bridgehead atoms. The van der Waals surface area contributed by atoms with E-state index in [1.807, 2.05) is 45.0 Å². The molecule has 0 heterocycles. The zero-order valence-electron chi connectivity index (χ0n) is 22.3. The molecule has 2 unspecified atom stereocenters. The van der Waals surface area contributed by atoms with E-state index in [4.69, 9.17) is 10.5 Å². The highest BCUT2D eigenvalue weighted by Gasteiger charge is 2.38. The summed E-state index contributed by atoms with van der Waals surface area (Å²) in [4.78, 5) is 52.6. The Labute approximate surface area is 209 Å². The van der Waals surface area contributed by atoms with E-state index in [1.54, 1.807) is 34.6 Å². The average Bonchev–Trinajstić information content (AvgIpc) is 2.72. The van der Waals surface area contributed by atoms with E-state index in [-0.39, 0.29) is 24.8 Å². The van der Waals surface area contributed by atoms with E-state index in [9.17, 15) is 19.2 Å². The Balaban J connectivity index is 3.45. The summed E-state index contributed by atoms with van der Waals surface area (Å²) in [6.07, 6.45) is -0.0966. The van der Waals surface area contributed by atoms with E-state index >= 15 is 0 Å². The monoisotopic (exact) mass is 490 g/mol. The zero-order chi connectivity index (χ0) is 26.9. The van der Waals surface area contributed by atoms with Crippen LogP contribution in [-0.2, 0) is 25.5 Å². The van der Waals surface area contributed by atoms with Gasteiger partial charge in [-0.05, 0) is 72.4 Å². The summed E-state index contributed by atoms with van der Waals surface area (Å²) in [5, 5.41) is 5.48. The van der Waals surface area contributed by atoms with Gasteiger partial charge in [0, 0.05) is 18.5 Å². The standard InChI is InChI=1S/C26H42N4O5/c1-9-18-10-12-19(13-11-18)22(23(32)28-16(2)3)30(17(4)5)24(33)20(14-15-21(27)31)29-25(34)35-26(6,7)8/h10-13,16-17,20,22H,9,14-15H2,1-8H3,(H2,27,31)(H,28,32)(H,29,34). The van der Waals surface area contributed by atoms with Gasteiger partial charge in [-0.25, -0.2) is 4.79 Å². The van der Waals surface area contributed by atoms with Crippen LogP contribution in [-0.4, -0.2) is 52.4 Å². The maximum Gasteiger partial charge on any atom is 0.408 e. The second-order valence-electron chi connectivity index (χ2n) is 10.2. The first-order valence-corrected chi connectivity index (χ1v) is 12.2. The Kier molecular flexibility index (Phi) is 11.2. The molecule has 9 nitrogen and oxygen atoms in total. The van der Waals surface area contributed by atoms with Gasteiger partial charge in [-0.2, -0.15) is 0 Å². The highest BCUT2D eigenvalue weighted by molar-refractivity contribution is 5.92. The molecule has 0 aliphatic heterocycles. The summed E-state index contributed by atoms with van der Waals surface area (Å²) < 4.78 is 5.32. The van der Waals surface area contributed by atoms with E-state index in [2.05, 4.69) is 10.6 Å². The fourth-order valence-electron chi connectivity index (χ4n) is 3.59. The topological polar surface area (TPSA) is 131 Å². The smallest absolute Gasteiger partial charge is 0.408 e. The second-order valence-corrected chi connectivity index (χ2v) is 10.2. The summed E-state index contributed by atoms with van der Waals surface area (Å²) in [7, 11) is 0. The van der Waals surface area contributed by atoms with Crippen LogP contribution in [0.15, 0.2) is 24.3 Å². The van der Waals surface area contributed by atoms with E-state index in [1.165, 1.54) is 4.90 Å². The molecular formula is C26H42N4O5. The first-order chi connectivity index (χ1) is 16.2. The molecule has 0 fully saturated rings. The quantitative estimate of drug-likeness (QED) is 0.438. The fraction of sp³-hybridized carbons (Fsp3) is 0.615. The van der Waals surface area contributed by atoms with Gasteiger partial charge in [0.15, 0.2) is 0 Å². The first-order valence-electron chi connectivity index (χ1n) is 12.2. The molecule has 0 aromatic heterocycles. The minimum Gasteiger partial charge on any atom is -0.444 e. The molecule has 0 saturated heterocycles. The van der Waals surface area contributed by atoms with Crippen molar-refractivity contribution in [3.8, 4) is 0 Å². The summed E-state index contributed by atoms with van der Waals surface area (Å²) in [6.45, 7) is 14.4. The van der Waals surface area contributed by atoms with Crippen LogP contribution in [0.3, 0.4) is 0 Å². The van der Waals surface area contributed by atoms with Crippen LogP contribution in [0.25, 0.3) is 0 Å². The van der Waals surface area contributed by atoms with Crippen LogP contribution in [0.1, 0.15) is 85.4 Å². The normalized spacial score (nSPS) is 13.2. The number of carbonyl (C=O) groups is 4. The van der Waals surface area contributed by atoms with Crippen molar-refractivity contribution in [2.75, 3.05) is 0 Å². The molecule has 0 radical (unpaired) electrons. The average molecular weight is 491 g/mol. The lowest BCUT2D eigenvalue weighted by Gasteiger charge is -2.37. The van der Waals surface area contributed by atoms with Crippen LogP contribution in [0.4, 0.5) is 4.79 Å². The number of nitrogens with two attached hydrogens (primary N) is 1. The van der Waals surface area contributed by atoms with Crippen molar-refractivity contribution >= 4 is 23.8 Å². The number of hydrogen-bond acceptors (Lipinski definition) is 5. The van der Waals surface area contributed by atoms with Crippen LogP contribution in [0, 0.1) is 0 Å². The molecule has 4 N–H and O–H groups in total. The lowest BCUT2D eigenvalue weighted by molar-refractivity contribution is -0.145. The van der Waals surface area contributed by atoms with Crippen molar-refractivity contribution < 1.29 is 23.9 Å².